The van der Waals surface area contributed by atoms with Crippen LogP contribution in [0.3, 0.4) is 0 Å². The smallest absolute Gasteiger partial charge is 0.0413 e. The second-order valence-corrected chi connectivity index (χ2v) is 6.47. The maximum absolute atomic E-state index is 4.52. The van der Waals surface area contributed by atoms with Crippen molar-refractivity contribution in [2.24, 2.45) is 5.92 Å². The summed E-state index contributed by atoms with van der Waals surface area (Å²) in [5.74, 6) is 0.697. The summed E-state index contributed by atoms with van der Waals surface area (Å²) >= 11 is 0. The van der Waals surface area contributed by atoms with Crippen molar-refractivity contribution in [1.29, 1.82) is 0 Å². The number of benzene rings is 1. The zero-order valence-electron chi connectivity index (χ0n) is 12.6. The van der Waals surface area contributed by atoms with Gasteiger partial charge in [-0.1, -0.05) is 24.3 Å². The summed E-state index contributed by atoms with van der Waals surface area (Å²) < 4.78 is 0. The van der Waals surface area contributed by atoms with E-state index in [1.165, 1.54) is 42.1 Å². The standard InChI is InChI=1S/C18H23N3/c1-19-10-14-8-9-21(15-6-7-15)18(14)17-12-20-11-13-4-2-3-5-16(13)17/h2-5,11-12,14-15,18-19H,6-10H2,1H3. The fourth-order valence-corrected chi connectivity index (χ4v) is 3.98. The van der Waals surface area contributed by atoms with E-state index in [9.17, 15) is 0 Å². The van der Waals surface area contributed by atoms with Crippen LogP contribution in [-0.4, -0.2) is 36.1 Å². The van der Waals surface area contributed by atoms with Crippen molar-refractivity contribution >= 4 is 10.8 Å². The van der Waals surface area contributed by atoms with E-state index < -0.39 is 0 Å². The average molecular weight is 281 g/mol. The van der Waals surface area contributed by atoms with Gasteiger partial charge in [0.2, 0.25) is 0 Å². The number of nitrogens with one attached hydrogen (secondary N) is 1. The lowest BCUT2D eigenvalue weighted by molar-refractivity contribution is 0.218. The molecule has 3 heteroatoms. The van der Waals surface area contributed by atoms with Crippen LogP contribution in [0.15, 0.2) is 36.7 Å². The number of fused-ring (bicyclic) bond motifs is 1. The van der Waals surface area contributed by atoms with E-state index in [2.05, 4.69) is 52.7 Å². The molecule has 1 saturated heterocycles. The van der Waals surface area contributed by atoms with Gasteiger partial charge in [-0.05, 0) is 56.3 Å². The van der Waals surface area contributed by atoms with Gasteiger partial charge >= 0.3 is 0 Å². The molecule has 1 N–H and O–H groups in total. The van der Waals surface area contributed by atoms with Crippen LogP contribution in [0.5, 0.6) is 0 Å². The van der Waals surface area contributed by atoms with Crippen molar-refractivity contribution in [3.05, 3.63) is 42.2 Å². The van der Waals surface area contributed by atoms with Crippen LogP contribution < -0.4 is 5.32 Å². The molecule has 2 aromatic rings. The van der Waals surface area contributed by atoms with E-state index in [0.717, 1.165) is 12.6 Å². The van der Waals surface area contributed by atoms with Crippen LogP contribution in [0.25, 0.3) is 10.8 Å². The van der Waals surface area contributed by atoms with Gasteiger partial charge in [-0.3, -0.25) is 9.88 Å². The normalized spacial score (nSPS) is 26.5. The molecule has 2 atom stereocenters. The quantitative estimate of drug-likeness (QED) is 0.934. The molecule has 110 valence electrons. The molecule has 1 aromatic carbocycles. The molecular weight excluding hydrogens is 258 g/mol. The molecule has 0 spiro atoms. The first kappa shape index (κ1) is 13.2. The van der Waals surface area contributed by atoms with Crippen LogP contribution in [0.4, 0.5) is 0 Å². The highest BCUT2D eigenvalue weighted by atomic mass is 15.2. The Labute approximate surface area is 126 Å². The first-order valence-corrected chi connectivity index (χ1v) is 8.11. The maximum atomic E-state index is 4.52. The Morgan fingerprint density at radius 2 is 2.05 bits per heavy atom. The molecule has 4 rings (SSSR count). The second kappa shape index (κ2) is 5.39. The van der Waals surface area contributed by atoms with Gasteiger partial charge in [-0.25, -0.2) is 0 Å². The van der Waals surface area contributed by atoms with Crippen LogP contribution in [0, 0.1) is 5.92 Å². The topological polar surface area (TPSA) is 28.2 Å². The van der Waals surface area contributed by atoms with E-state index in [-0.39, 0.29) is 0 Å². The van der Waals surface area contributed by atoms with Gasteiger partial charge in [0.05, 0.1) is 0 Å². The largest absolute Gasteiger partial charge is 0.319 e. The Bertz CT molecular complexity index is 630. The monoisotopic (exact) mass is 281 g/mol. The van der Waals surface area contributed by atoms with Crippen molar-refractivity contribution < 1.29 is 0 Å². The van der Waals surface area contributed by atoms with E-state index in [1.54, 1.807) is 0 Å². The summed E-state index contributed by atoms with van der Waals surface area (Å²) in [5, 5.41) is 6.04. The fraction of sp³-hybridized carbons (Fsp3) is 0.500. The molecule has 1 aliphatic heterocycles. The summed E-state index contributed by atoms with van der Waals surface area (Å²) in [7, 11) is 2.07. The molecule has 2 fully saturated rings. The Kier molecular flexibility index (Phi) is 3.40. The summed E-state index contributed by atoms with van der Waals surface area (Å²) in [6.07, 6.45) is 8.14. The van der Waals surface area contributed by atoms with Crippen molar-refractivity contribution in [2.45, 2.75) is 31.3 Å². The summed E-state index contributed by atoms with van der Waals surface area (Å²) in [4.78, 5) is 7.26. The molecule has 0 radical (unpaired) electrons. The molecule has 1 saturated carbocycles. The third-order valence-electron chi connectivity index (χ3n) is 5.06. The highest BCUT2D eigenvalue weighted by molar-refractivity contribution is 5.85. The number of hydrogen-bond donors (Lipinski definition) is 1. The van der Waals surface area contributed by atoms with Crippen LogP contribution >= 0.6 is 0 Å². The molecular formula is C18H23N3. The van der Waals surface area contributed by atoms with Crippen molar-refractivity contribution in [3.8, 4) is 0 Å². The number of hydrogen-bond acceptors (Lipinski definition) is 3. The molecule has 2 aliphatic rings. The number of nitrogens with zero attached hydrogens (tertiary/aromatic N) is 2. The third-order valence-corrected chi connectivity index (χ3v) is 5.06. The molecule has 0 bridgehead atoms. The van der Waals surface area contributed by atoms with Crippen LogP contribution in [0.2, 0.25) is 0 Å². The lowest BCUT2D eigenvalue weighted by Gasteiger charge is -2.29. The highest BCUT2D eigenvalue weighted by Gasteiger charge is 2.42. The second-order valence-electron chi connectivity index (χ2n) is 6.47. The third kappa shape index (κ3) is 2.34. The van der Waals surface area contributed by atoms with Gasteiger partial charge in [-0.2, -0.15) is 0 Å². The SMILES string of the molecule is CNCC1CCN(C2CC2)C1c1cncc2ccccc12. The molecule has 3 nitrogen and oxygen atoms in total. The van der Waals surface area contributed by atoms with Crippen LogP contribution in [0.1, 0.15) is 30.9 Å². The van der Waals surface area contributed by atoms with E-state index in [4.69, 9.17) is 0 Å². The van der Waals surface area contributed by atoms with Crippen molar-refractivity contribution in [2.75, 3.05) is 20.1 Å². The summed E-state index contributed by atoms with van der Waals surface area (Å²) in [6, 6.07) is 10.0. The predicted molar refractivity (Wildman–Crippen MR) is 86.2 cm³/mol. The minimum absolute atomic E-state index is 0.531. The summed E-state index contributed by atoms with van der Waals surface area (Å²) in [6.45, 7) is 2.34. The first-order chi connectivity index (χ1) is 10.4. The summed E-state index contributed by atoms with van der Waals surface area (Å²) in [5.41, 5.74) is 1.43. The molecule has 2 unspecified atom stereocenters. The molecule has 21 heavy (non-hydrogen) atoms. The lowest BCUT2D eigenvalue weighted by Crippen LogP contribution is -2.31. The van der Waals surface area contributed by atoms with E-state index in [0.29, 0.717) is 12.0 Å². The van der Waals surface area contributed by atoms with E-state index in [1.807, 2.05) is 6.20 Å². The van der Waals surface area contributed by atoms with Gasteiger partial charge in [0.15, 0.2) is 0 Å². The maximum Gasteiger partial charge on any atom is 0.0413 e. The molecule has 1 aliphatic carbocycles. The number of rotatable bonds is 4. The van der Waals surface area contributed by atoms with Crippen molar-refractivity contribution in [3.63, 3.8) is 0 Å². The van der Waals surface area contributed by atoms with Gasteiger partial charge in [0.25, 0.3) is 0 Å². The van der Waals surface area contributed by atoms with E-state index >= 15 is 0 Å². The Hall–Kier alpha value is -1.45. The first-order valence-electron chi connectivity index (χ1n) is 8.11. The molecule has 0 amide bonds. The Morgan fingerprint density at radius 1 is 1.19 bits per heavy atom. The van der Waals surface area contributed by atoms with Gasteiger partial charge in [-0.15, -0.1) is 0 Å². The van der Waals surface area contributed by atoms with Crippen LogP contribution in [-0.2, 0) is 0 Å². The zero-order chi connectivity index (χ0) is 14.2. The number of aromatic nitrogens is 1. The fourth-order valence-electron chi connectivity index (χ4n) is 3.98. The Balaban J connectivity index is 1.79. The number of likely N-dealkylation sites (tertiary alicyclic amines) is 1. The van der Waals surface area contributed by atoms with Gasteiger partial charge < -0.3 is 5.32 Å². The lowest BCUT2D eigenvalue weighted by atomic mass is 9.91. The average Bonchev–Trinajstić information content (AvgIpc) is 3.29. The van der Waals surface area contributed by atoms with Gasteiger partial charge in [0, 0.05) is 29.9 Å². The minimum Gasteiger partial charge on any atom is -0.319 e. The predicted octanol–water partition coefficient (Wildman–Crippen LogP) is 2.98. The van der Waals surface area contributed by atoms with Crippen molar-refractivity contribution in [1.82, 2.24) is 15.2 Å². The highest BCUT2D eigenvalue weighted by Crippen LogP contribution is 2.45. The minimum atomic E-state index is 0.531. The molecule has 2 heterocycles. The van der Waals surface area contributed by atoms with Gasteiger partial charge in [0.1, 0.15) is 0 Å². The molecule has 1 aromatic heterocycles. The Morgan fingerprint density at radius 3 is 2.86 bits per heavy atom. The zero-order valence-corrected chi connectivity index (χ0v) is 12.6. The number of pyridine rings is 1.